The molecule has 0 amide bonds. The van der Waals surface area contributed by atoms with Crippen LogP contribution in [0.3, 0.4) is 0 Å². The first kappa shape index (κ1) is 18.1. The van der Waals surface area contributed by atoms with Gasteiger partial charge in [-0.15, -0.1) is 0 Å². The van der Waals surface area contributed by atoms with E-state index in [-0.39, 0.29) is 10.9 Å². The van der Waals surface area contributed by atoms with Crippen molar-refractivity contribution in [2.45, 2.75) is 48.9 Å². The lowest BCUT2D eigenvalue weighted by Gasteiger charge is -2.28. The summed E-state index contributed by atoms with van der Waals surface area (Å²) in [7, 11) is -7.31. The van der Waals surface area contributed by atoms with Gasteiger partial charge in [-0.3, -0.25) is 0 Å². The van der Waals surface area contributed by atoms with Crippen LogP contribution in [-0.2, 0) is 19.9 Å². The third kappa shape index (κ3) is 4.11. The average molecular weight is 379 g/mol. The minimum Gasteiger partial charge on any atom is -0.228 e. The van der Waals surface area contributed by atoms with Gasteiger partial charge in [0.15, 0.2) is 9.92 Å². The average Bonchev–Trinajstić information content (AvgIpc) is 2.52. The minimum atomic E-state index is -4.04. The zero-order valence-corrected chi connectivity index (χ0v) is 15.9. The Bertz CT molecular complexity index is 968. The van der Waals surface area contributed by atoms with Gasteiger partial charge in [-0.2, -0.15) is 8.42 Å². The van der Waals surface area contributed by atoms with Crippen LogP contribution in [-0.4, -0.2) is 18.7 Å². The van der Waals surface area contributed by atoms with Crippen LogP contribution in [0.15, 0.2) is 62.1 Å². The predicted molar refractivity (Wildman–Crippen MR) is 99.2 cm³/mol. The van der Waals surface area contributed by atoms with E-state index in [1.165, 1.54) is 12.1 Å². The smallest absolute Gasteiger partial charge is 0.228 e. The number of sulfonamides is 1. The molecule has 1 aliphatic carbocycles. The third-order valence-corrected chi connectivity index (χ3v) is 8.35. The van der Waals surface area contributed by atoms with Crippen LogP contribution in [0, 0.1) is 13.8 Å². The summed E-state index contributed by atoms with van der Waals surface area (Å²) in [6.07, 6.45) is 2.80. The Morgan fingerprint density at radius 1 is 0.840 bits per heavy atom. The molecule has 0 heterocycles. The zero-order valence-electron chi connectivity index (χ0n) is 14.3. The zero-order chi connectivity index (χ0) is 18.1. The highest BCUT2D eigenvalue weighted by atomic mass is 32.3. The summed E-state index contributed by atoms with van der Waals surface area (Å²) >= 11 is 0. The molecule has 0 radical (unpaired) electrons. The van der Waals surface area contributed by atoms with Crippen molar-refractivity contribution < 1.29 is 12.6 Å². The summed E-state index contributed by atoms with van der Waals surface area (Å²) < 4.78 is 45.7. The van der Waals surface area contributed by atoms with Crippen LogP contribution < -0.4 is 4.72 Å². The summed E-state index contributed by atoms with van der Waals surface area (Å²) in [6.45, 7) is 3.80. The number of hydrogen-bond acceptors (Lipinski definition) is 3. The number of rotatable bonds is 5. The van der Waals surface area contributed by atoms with Crippen molar-refractivity contribution in [3.05, 3.63) is 59.7 Å². The maximum Gasteiger partial charge on any atom is 0.291 e. The quantitative estimate of drug-likeness (QED) is 0.864. The van der Waals surface area contributed by atoms with E-state index in [9.17, 15) is 12.6 Å². The molecular formula is C18H22N2O3S2. The van der Waals surface area contributed by atoms with Gasteiger partial charge in [0.2, 0.25) is 0 Å². The molecule has 3 rings (SSSR count). The maximum absolute atomic E-state index is 13.5. The Morgan fingerprint density at radius 3 is 1.76 bits per heavy atom. The van der Waals surface area contributed by atoms with Gasteiger partial charge in [0.1, 0.15) is 0 Å². The van der Waals surface area contributed by atoms with E-state index in [1.807, 2.05) is 26.0 Å². The molecule has 1 atom stereocenters. The molecule has 2 aromatic rings. The van der Waals surface area contributed by atoms with Crippen LogP contribution in [0.25, 0.3) is 0 Å². The normalized spacial score (nSPS) is 17.5. The Labute approximate surface area is 149 Å². The molecule has 25 heavy (non-hydrogen) atoms. The van der Waals surface area contributed by atoms with Crippen molar-refractivity contribution in [2.24, 2.45) is 3.77 Å². The fourth-order valence-electron chi connectivity index (χ4n) is 2.50. The van der Waals surface area contributed by atoms with Gasteiger partial charge in [-0.25, -0.2) is 8.93 Å². The largest absolute Gasteiger partial charge is 0.291 e. The first-order valence-electron chi connectivity index (χ1n) is 8.23. The van der Waals surface area contributed by atoms with Crippen molar-refractivity contribution in [3.8, 4) is 0 Å². The molecule has 0 spiro atoms. The van der Waals surface area contributed by atoms with Gasteiger partial charge in [0.05, 0.1) is 9.79 Å². The van der Waals surface area contributed by atoms with Crippen LogP contribution in [0.1, 0.15) is 30.4 Å². The topological polar surface area (TPSA) is 75.6 Å². The highest BCUT2D eigenvalue weighted by Crippen LogP contribution is 2.24. The van der Waals surface area contributed by atoms with Crippen molar-refractivity contribution in [3.63, 3.8) is 0 Å². The van der Waals surface area contributed by atoms with Crippen molar-refractivity contribution in [1.29, 1.82) is 0 Å². The fourth-order valence-corrected chi connectivity index (χ4v) is 6.27. The minimum absolute atomic E-state index is 0.0331. The molecular weight excluding hydrogens is 356 g/mol. The molecule has 0 aliphatic heterocycles. The second kappa shape index (κ2) is 6.90. The Balaban J connectivity index is 2.09. The highest BCUT2D eigenvalue weighted by molar-refractivity contribution is 8.02. The predicted octanol–water partition coefficient (Wildman–Crippen LogP) is 3.58. The number of nitrogens with zero attached hydrogens (tertiary/aromatic N) is 1. The first-order chi connectivity index (χ1) is 11.8. The van der Waals surface area contributed by atoms with Gasteiger partial charge in [-0.05, 0) is 51.0 Å². The van der Waals surface area contributed by atoms with Gasteiger partial charge in [-0.1, -0.05) is 45.6 Å². The Kier molecular flexibility index (Phi) is 4.99. The van der Waals surface area contributed by atoms with E-state index < -0.39 is 19.9 Å². The number of aryl methyl sites for hydroxylation is 2. The molecule has 0 saturated heterocycles. The van der Waals surface area contributed by atoms with Gasteiger partial charge >= 0.3 is 0 Å². The van der Waals surface area contributed by atoms with E-state index >= 15 is 0 Å². The van der Waals surface area contributed by atoms with Crippen molar-refractivity contribution in [2.75, 3.05) is 0 Å². The monoisotopic (exact) mass is 378 g/mol. The number of hydrogen-bond donors (Lipinski definition) is 1. The summed E-state index contributed by atoms with van der Waals surface area (Å²) in [4.78, 5) is 0.439. The van der Waals surface area contributed by atoms with E-state index in [1.54, 1.807) is 24.3 Å². The molecule has 0 aromatic heterocycles. The van der Waals surface area contributed by atoms with E-state index in [2.05, 4.69) is 8.49 Å². The van der Waals surface area contributed by atoms with Crippen LogP contribution >= 0.6 is 0 Å². The Hall–Kier alpha value is -1.70. The standard InChI is InChI=1S/C18H22N2O3S2/c1-14-6-10-17(11-7-14)24(21,19-16-4-3-5-16)20-25(22,23)18-12-8-15(2)9-13-18/h6-13,16H,3-5H2,1-2H3,(H,19,20,21). The van der Waals surface area contributed by atoms with Crippen molar-refractivity contribution >= 4 is 19.9 Å². The molecule has 134 valence electrons. The molecule has 1 fully saturated rings. The lowest BCUT2D eigenvalue weighted by Crippen LogP contribution is -2.39. The molecule has 0 bridgehead atoms. The summed E-state index contributed by atoms with van der Waals surface area (Å²) in [5.74, 6) is 0. The van der Waals surface area contributed by atoms with E-state index in [4.69, 9.17) is 0 Å². The molecule has 1 unspecified atom stereocenters. The van der Waals surface area contributed by atoms with Crippen molar-refractivity contribution in [1.82, 2.24) is 4.72 Å². The van der Waals surface area contributed by atoms with E-state index in [0.717, 1.165) is 30.4 Å². The molecule has 5 nitrogen and oxygen atoms in total. The lowest BCUT2D eigenvalue weighted by atomic mass is 9.94. The maximum atomic E-state index is 13.5. The molecule has 7 heteroatoms. The SMILES string of the molecule is Cc1ccc(S(=O)(=O)N=S(=O)(NC2CCC2)c2ccc(C)cc2)cc1. The molecule has 1 N–H and O–H groups in total. The van der Waals surface area contributed by atoms with Gasteiger partial charge in [0, 0.05) is 6.04 Å². The summed E-state index contributed by atoms with van der Waals surface area (Å²) in [5.41, 5.74) is 1.96. The van der Waals surface area contributed by atoms with E-state index in [0.29, 0.717) is 4.90 Å². The molecule has 2 aromatic carbocycles. The lowest BCUT2D eigenvalue weighted by molar-refractivity contribution is 0.389. The summed E-state index contributed by atoms with van der Waals surface area (Å²) in [5, 5.41) is 0. The Morgan fingerprint density at radius 2 is 1.32 bits per heavy atom. The molecule has 1 saturated carbocycles. The van der Waals surface area contributed by atoms with Crippen LogP contribution in [0.5, 0.6) is 0 Å². The second-order valence-corrected chi connectivity index (χ2v) is 10.2. The summed E-state index contributed by atoms with van der Waals surface area (Å²) in [6, 6.07) is 13.4. The van der Waals surface area contributed by atoms with Gasteiger partial charge in [0.25, 0.3) is 10.0 Å². The van der Waals surface area contributed by atoms with Gasteiger partial charge < -0.3 is 0 Å². The molecule has 1 aliphatic rings. The van der Waals surface area contributed by atoms with Crippen LogP contribution in [0.2, 0.25) is 0 Å². The number of benzene rings is 2. The number of nitrogens with one attached hydrogen (secondary N) is 1. The highest BCUT2D eigenvalue weighted by Gasteiger charge is 2.26. The first-order valence-corrected chi connectivity index (χ1v) is 11.2. The third-order valence-electron chi connectivity index (χ3n) is 4.29. The van der Waals surface area contributed by atoms with Crippen LogP contribution in [0.4, 0.5) is 0 Å². The second-order valence-electron chi connectivity index (χ2n) is 6.45. The fraction of sp³-hybridized carbons (Fsp3) is 0.333.